The van der Waals surface area contributed by atoms with Crippen LogP contribution in [0.2, 0.25) is 0 Å². The third-order valence-electron chi connectivity index (χ3n) is 3.04. The smallest absolute Gasteiger partial charge is 0.256 e. The van der Waals surface area contributed by atoms with Crippen molar-refractivity contribution in [1.82, 2.24) is 0 Å². The van der Waals surface area contributed by atoms with E-state index in [4.69, 9.17) is 4.74 Å². The summed E-state index contributed by atoms with van der Waals surface area (Å²) in [5, 5.41) is 2.89. The summed E-state index contributed by atoms with van der Waals surface area (Å²) in [5.41, 5.74) is 3.36. The van der Waals surface area contributed by atoms with Gasteiger partial charge in [0, 0.05) is 4.47 Å². The topological polar surface area (TPSA) is 38.3 Å². The standard InChI is InChI=1S/C16H16BrNO2/c1-10-7-8-14(20-3)13(9-10)18-16(19)12-6-4-5-11(2)15(12)17/h4-9H,1-3H3,(H,18,19). The van der Waals surface area contributed by atoms with Gasteiger partial charge in [-0.15, -0.1) is 0 Å². The molecule has 0 atom stereocenters. The van der Waals surface area contributed by atoms with Gasteiger partial charge >= 0.3 is 0 Å². The highest BCUT2D eigenvalue weighted by Gasteiger charge is 2.13. The van der Waals surface area contributed by atoms with E-state index in [2.05, 4.69) is 21.2 Å². The summed E-state index contributed by atoms with van der Waals surface area (Å²) in [6.07, 6.45) is 0. The van der Waals surface area contributed by atoms with Gasteiger partial charge in [-0.2, -0.15) is 0 Å². The molecule has 2 aromatic carbocycles. The first kappa shape index (κ1) is 14.6. The molecule has 4 heteroatoms. The Bertz CT molecular complexity index is 653. The predicted octanol–water partition coefficient (Wildman–Crippen LogP) is 4.33. The van der Waals surface area contributed by atoms with Gasteiger partial charge < -0.3 is 10.1 Å². The molecule has 0 aliphatic heterocycles. The lowest BCUT2D eigenvalue weighted by molar-refractivity contribution is 0.102. The molecule has 0 unspecified atom stereocenters. The van der Waals surface area contributed by atoms with E-state index in [-0.39, 0.29) is 5.91 Å². The summed E-state index contributed by atoms with van der Waals surface area (Å²) in [5.74, 6) is 0.484. The molecule has 0 aromatic heterocycles. The van der Waals surface area contributed by atoms with Crippen LogP contribution in [0.1, 0.15) is 21.5 Å². The first-order valence-electron chi connectivity index (χ1n) is 6.24. The molecular weight excluding hydrogens is 318 g/mol. The Labute approximate surface area is 127 Å². The van der Waals surface area contributed by atoms with E-state index in [9.17, 15) is 4.79 Å². The van der Waals surface area contributed by atoms with E-state index in [0.717, 1.165) is 15.6 Å². The van der Waals surface area contributed by atoms with E-state index >= 15 is 0 Å². The summed E-state index contributed by atoms with van der Waals surface area (Å²) >= 11 is 3.45. The Morgan fingerprint density at radius 2 is 1.95 bits per heavy atom. The molecule has 0 heterocycles. The van der Waals surface area contributed by atoms with E-state index < -0.39 is 0 Å². The molecule has 1 amide bonds. The number of amides is 1. The Kier molecular flexibility index (Phi) is 4.45. The number of methoxy groups -OCH3 is 1. The second kappa shape index (κ2) is 6.09. The summed E-state index contributed by atoms with van der Waals surface area (Å²) < 4.78 is 6.07. The lowest BCUT2D eigenvalue weighted by Gasteiger charge is -2.12. The van der Waals surface area contributed by atoms with Crippen LogP contribution in [0, 0.1) is 13.8 Å². The number of nitrogens with one attached hydrogen (secondary N) is 1. The molecule has 1 N–H and O–H groups in total. The first-order chi connectivity index (χ1) is 9.52. The quantitative estimate of drug-likeness (QED) is 0.907. The number of hydrogen-bond acceptors (Lipinski definition) is 2. The van der Waals surface area contributed by atoms with Crippen molar-refractivity contribution in [2.45, 2.75) is 13.8 Å². The summed E-state index contributed by atoms with van der Waals surface area (Å²) in [6, 6.07) is 11.3. The second-order valence-electron chi connectivity index (χ2n) is 4.59. The Morgan fingerprint density at radius 3 is 2.65 bits per heavy atom. The van der Waals surface area contributed by atoms with Crippen molar-refractivity contribution in [3.63, 3.8) is 0 Å². The number of carbonyl (C=O) groups excluding carboxylic acids is 1. The van der Waals surface area contributed by atoms with Crippen molar-refractivity contribution in [2.24, 2.45) is 0 Å². The van der Waals surface area contributed by atoms with Gasteiger partial charge in [-0.05, 0) is 59.1 Å². The lowest BCUT2D eigenvalue weighted by Crippen LogP contribution is -2.13. The van der Waals surface area contributed by atoms with Crippen LogP contribution in [0.25, 0.3) is 0 Å². The molecule has 104 valence electrons. The highest BCUT2D eigenvalue weighted by atomic mass is 79.9. The van der Waals surface area contributed by atoms with Crippen molar-refractivity contribution in [1.29, 1.82) is 0 Å². The number of carbonyl (C=O) groups is 1. The summed E-state index contributed by atoms with van der Waals surface area (Å²) in [7, 11) is 1.59. The maximum atomic E-state index is 12.4. The second-order valence-corrected chi connectivity index (χ2v) is 5.39. The van der Waals surface area contributed by atoms with Crippen LogP contribution in [0.15, 0.2) is 40.9 Å². The third kappa shape index (κ3) is 3.02. The van der Waals surface area contributed by atoms with E-state index in [1.807, 2.05) is 44.2 Å². The Balaban J connectivity index is 2.32. The minimum atomic E-state index is -0.163. The molecule has 0 bridgehead atoms. The largest absolute Gasteiger partial charge is 0.495 e. The molecule has 2 rings (SSSR count). The highest BCUT2D eigenvalue weighted by molar-refractivity contribution is 9.10. The molecule has 20 heavy (non-hydrogen) atoms. The van der Waals surface area contributed by atoms with Crippen molar-refractivity contribution >= 4 is 27.5 Å². The molecule has 0 spiro atoms. The van der Waals surface area contributed by atoms with Crippen LogP contribution in [-0.4, -0.2) is 13.0 Å². The minimum absolute atomic E-state index is 0.163. The van der Waals surface area contributed by atoms with Gasteiger partial charge in [0.25, 0.3) is 5.91 Å². The zero-order valence-corrected chi connectivity index (χ0v) is 13.2. The molecule has 0 aliphatic carbocycles. The van der Waals surface area contributed by atoms with Crippen molar-refractivity contribution in [3.8, 4) is 5.75 Å². The van der Waals surface area contributed by atoms with Gasteiger partial charge in [-0.1, -0.05) is 18.2 Å². The third-order valence-corrected chi connectivity index (χ3v) is 4.09. The van der Waals surface area contributed by atoms with Crippen LogP contribution >= 0.6 is 15.9 Å². The molecule has 0 saturated carbocycles. The van der Waals surface area contributed by atoms with Gasteiger partial charge in [-0.3, -0.25) is 4.79 Å². The molecule has 0 saturated heterocycles. The predicted molar refractivity (Wildman–Crippen MR) is 84.6 cm³/mol. The Hall–Kier alpha value is -1.81. The fourth-order valence-corrected chi connectivity index (χ4v) is 2.38. The molecule has 3 nitrogen and oxygen atoms in total. The number of benzene rings is 2. The molecule has 0 fully saturated rings. The van der Waals surface area contributed by atoms with Crippen molar-refractivity contribution in [3.05, 3.63) is 57.6 Å². The van der Waals surface area contributed by atoms with E-state index in [1.165, 1.54) is 0 Å². The van der Waals surface area contributed by atoms with Gasteiger partial charge in [0.2, 0.25) is 0 Å². The van der Waals surface area contributed by atoms with E-state index in [0.29, 0.717) is 17.0 Å². The average Bonchev–Trinajstić information content (AvgIpc) is 2.42. The number of anilines is 1. The van der Waals surface area contributed by atoms with Crippen LogP contribution < -0.4 is 10.1 Å². The number of rotatable bonds is 3. The zero-order valence-electron chi connectivity index (χ0n) is 11.7. The maximum absolute atomic E-state index is 12.4. The zero-order chi connectivity index (χ0) is 14.7. The number of aryl methyl sites for hydroxylation is 2. The van der Waals surface area contributed by atoms with Gasteiger partial charge in [-0.25, -0.2) is 0 Å². The van der Waals surface area contributed by atoms with Gasteiger partial charge in [0.1, 0.15) is 5.75 Å². The van der Waals surface area contributed by atoms with Gasteiger partial charge in [0.05, 0.1) is 18.4 Å². The normalized spacial score (nSPS) is 10.2. The Morgan fingerprint density at radius 1 is 1.20 bits per heavy atom. The molecule has 2 aromatic rings. The van der Waals surface area contributed by atoms with Gasteiger partial charge in [0.15, 0.2) is 0 Å². The maximum Gasteiger partial charge on any atom is 0.256 e. The molecule has 0 aliphatic rings. The average molecular weight is 334 g/mol. The fourth-order valence-electron chi connectivity index (χ4n) is 1.93. The highest BCUT2D eigenvalue weighted by Crippen LogP contribution is 2.27. The van der Waals surface area contributed by atoms with Crippen LogP contribution in [-0.2, 0) is 0 Å². The summed E-state index contributed by atoms with van der Waals surface area (Å²) in [4.78, 5) is 12.4. The fraction of sp³-hybridized carbons (Fsp3) is 0.188. The van der Waals surface area contributed by atoms with Crippen molar-refractivity contribution < 1.29 is 9.53 Å². The van der Waals surface area contributed by atoms with Crippen LogP contribution in [0.4, 0.5) is 5.69 Å². The number of ether oxygens (including phenoxy) is 1. The number of halogens is 1. The minimum Gasteiger partial charge on any atom is -0.495 e. The number of hydrogen-bond donors (Lipinski definition) is 1. The summed E-state index contributed by atoms with van der Waals surface area (Å²) in [6.45, 7) is 3.92. The van der Waals surface area contributed by atoms with Crippen LogP contribution in [0.5, 0.6) is 5.75 Å². The SMILES string of the molecule is COc1ccc(C)cc1NC(=O)c1cccc(C)c1Br. The molecular formula is C16H16BrNO2. The molecule has 0 radical (unpaired) electrons. The monoisotopic (exact) mass is 333 g/mol. The van der Waals surface area contributed by atoms with Crippen molar-refractivity contribution in [2.75, 3.05) is 12.4 Å². The first-order valence-corrected chi connectivity index (χ1v) is 7.03. The lowest BCUT2D eigenvalue weighted by atomic mass is 10.1. The van der Waals surface area contributed by atoms with Crippen LogP contribution in [0.3, 0.4) is 0 Å². The van der Waals surface area contributed by atoms with E-state index in [1.54, 1.807) is 13.2 Å².